The molecular formula is C12H10N2O4. The number of aromatic carboxylic acids is 2. The van der Waals surface area contributed by atoms with Crippen LogP contribution in [0.15, 0.2) is 30.3 Å². The van der Waals surface area contributed by atoms with Crippen LogP contribution >= 0.6 is 0 Å². The first kappa shape index (κ1) is 11.7. The third kappa shape index (κ3) is 1.80. The number of nitrogen functional groups attached to an aromatic ring is 1. The number of carbonyl (C=O) groups is 2. The van der Waals surface area contributed by atoms with Crippen molar-refractivity contribution in [1.82, 2.24) is 4.98 Å². The molecule has 1 aromatic heterocycles. The Hall–Kier alpha value is -2.76. The lowest BCUT2D eigenvalue weighted by Crippen LogP contribution is -2.07. The molecule has 0 aliphatic heterocycles. The number of aromatic amines is 1. The molecule has 2 rings (SSSR count). The van der Waals surface area contributed by atoms with Gasteiger partial charge >= 0.3 is 11.9 Å². The van der Waals surface area contributed by atoms with Gasteiger partial charge in [0.05, 0.1) is 11.4 Å². The first-order valence-corrected chi connectivity index (χ1v) is 5.05. The number of carboxylic acids is 2. The highest BCUT2D eigenvalue weighted by molar-refractivity contribution is 6.07. The molecule has 1 aromatic carbocycles. The summed E-state index contributed by atoms with van der Waals surface area (Å²) in [4.78, 5) is 24.5. The molecular weight excluding hydrogens is 236 g/mol. The molecule has 0 unspecified atom stereocenters. The van der Waals surface area contributed by atoms with E-state index in [1.807, 2.05) is 0 Å². The molecule has 0 radical (unpaired) electrons. The summed E-state index contributed by atoms with van der Waals surface area (Å²) in [5.74, 6) is -2.73. The van der Waals surface area contributed by atoms with E-state index in [1.54, 1.807) is 30.3 Å². The van der Waals surface area contributed by atoms with Crippen molar-refractivity contribution in [3.8, 4) is 11.3 Å². The predicted molar refractivity (Wildman–Crippen MR) is 64.6 cm³/mol. The van der Waals surface area contributed by atoms with E-state index in [4.69, 9.17) is 15.9 Å². The predicted octanol–water partition coefficient (Wildman–Crippen LogP) is 1.66. The van der Waals surface area contributed by atoms with Crippen LogP contribution in [0.25, 0.3) is 11.3 Å². The van der Waals surface area contributed by atoms with Crippen molar-refractivity contribution in [3.05, 3.63) is 41.6 Å². The molecule has 0 saturated heterocycles. The lowest BCUT2D eigenvalue weighted by atomic mass is 10.1. The number of anilines is 1. The molecule has 0 amide bonds. The molecule has 2 aromatic rings. The largest absolute Gasteiger partial charge is 0.478 e. The number of nitrogens with one attached hydrogen (secondary N) is 1. The Bertz CT molecular complexity index is 617. The SMILES string of the molecule is Nc1c(-c2ccccc2)[nH]c(C(=O)O)c1C(=O)O. The smallest absolute Gasteiger partial charge is 0.353 e. The van der Waals surface area contributed by atoms with Gasteiger partial charge in [-0.15, -0.1) is 0 Å². The molecule has 0 saturated carbocycles. The van der Waals surface area contributed by atoms with Crippen molar-refractivity contribution < 1.29 is 19.8 Å². The van der Waals surface area contributed by atoms with Crippen LogP contribution in [0.4, 0.5) is 5.69 Å². The van der Waals surface area contributed by atoms with E-state index in [9.17, 15) is 9.59 Å². The Balaban J connectivity index is 2.68. The van der Waals surface area contributed by atoms with E-state index >= 15 is 0 Å². The van der Waals surface area contributed by atoms with Crippen molar-refractivity contribution in [3.63, 3.8) is 0 Å². The van der Waals surface area contributed by atoms with E-state index in [-0.39, 0.29) is 5.69 Å². The van der Waals surface area contributed by atoms with Crippen molar-refractivity contribution in [1.29, 1.82) is 0 Å². The van der Waals surface area contributed by atoms with Crippen LogP contribution in [0.1, 0.15) is 20.8 Å². The zero-order valence-corrected chi connectivity index (χ0v) is 9.18. The van der Waals surface area contributed by atoms with Crippen molar-refractivity contribution in [2.24, 2.45) is 0 Å². The molecule has 0 fully saturated rings. The molecule has 6 nitrogen and oxygen atoms in total. The van der Waals surface area contributed by atoms with Gasteiger partial charge < -0.3 is 20.9 Å². The average molecular weight is 246 g/mol. The minimum atomic E-state index is -1.37. The summed E-state index contributed by atoms with van der Waals surface area (Å²) in [7, 11) is 0. The van der Waals surface area contributed by atoms with Gasteiger partial charge in [-0.2, -0.15) is 0 Å². The second kappa shape index (κ2) is 4.25. The minimum Gasteiger partial charge on any atom is -0.478 e. The zero-order chi connectivity index (χ0) is 13.3. The fourth-order valence-electron chi connectivity index (χ4n) is 1.73. The summed E-state index contributed by atoms with van der Waals surface area (Å²) in [6.07, 6.45) is 0. The monoisotopic (exact) mass is 246 g/mol. The van der Waals surface area contributed by atoms with Gasteiger partial charge in [0.2, 0.25) is 0 Å². The maximum Gasteiger partial charge on any atom is 0.353 e. The molecule has 0 aliphatic carbocycles. The second-order valence-electron chi connectivity index (χ2n) is 3.64. The molecule has 5 N–H and O–H groups in total. The number of aromatic nitrogens is 1. The number of hydrogen-bond donors (Lipinski definition) is 4. The third-order valence-electron chi connectivity index (χ3n) is 2.53. The summed E-state index contributed by atoms with van der Waals surface area (Å²) in [5, 5.41) is 17.9. The Morgan fingerprint density at radius 2 is 1.67 bits per heavy atom. The standard InChI is InChI=1S/C12H10N2O4/c13-8-7(11(15)16)10(12(17)18)14-9(8)6-4-2-1-3-5-6/h1-5,14H,13H2,(H,15,16)(H,17,18). The number of H-pyrrole nitrogens is 1. The van der Waals surface area contributed by atoms with Gasteiger partial charge in [-0.25, -0.2) is 9.59 Å². The number of benzene rings is 1. The number of nitrogens with two attached hydrogens (primary N) is 1. The summed E-state index contributed by atoms with van der Waals surface area (Å²) < 4.78 is 0. The molecule has 0 atom stereocenters. The van der Waals surface area contributed by atoms with E-state index in [0.29, 0.717) is 11.3 Å². The van der Waals surface area contributed by atoms with Crippen LogP contribution in [0.5, 0.6) is 0 Å². The maximum absolute atomic E-state index is 11.0. The third-order valence-corrected chi connectivity index (χ3v) is 2.53. The highest BCUT2D eigenvalue weighted by atomic mass is 16.4. The fraction of sp³-hybridized carbons (Fsp3) is 0. The summed E-state index contributed by atoms with van der Waals surface area (Å²) >= 11 is 0. The molecule has 0 bridgehead atoms. The van der Waals surface area contributed by atoms with Crippen LogP contribution in [0, 0.1) is 0 Å². The van der Waals surface area contributed by atoms with Gasteiger partial charge in [0, 0.05) is 5.56 Å². The van der Waals surface area contributed by atoms with Crippen molar-refractivity contribution in [2.75, 3.05) is 5.73 Å². The Morgan fingerprint density at radius 1 is 1.06 bits per heavy atom. The van der Waals surface area contributed by atoms with E-state index < -0.39 is 23.2 Å². The summed E-state index contributed by atoms with van der Waals surface area (Å²) in [6.45, 7) is 0. The Kier molecular flexibility index (Phi) is 2.77. The minimum absolute atomic E-state index is 0.0777. The highest BCUT2D eigenvalue weighted by Crippen LogP contribution is 2.30. The fourth-order valence-corrected chi connectivity index (χ4v) is 1.73. The van der Waals surface area contributed by atoms with Gasteiger partial charge in [0.15, 0.2) is 0 Å². The number of rotatable bonds is 3. The van der Waals surface area contributed by atoms with Gasteiger partial charge in [-0.3, -0.25) is 0 Å². The summed E-state index contributed by atoms with van der Waals surface area (Å²) in [6, 6.07) is 8.70. The molecule has 6 heteroatoms. The quantitative estimate of drug-likeness (QED) is 0.657. The van der Waals surface area contributed by atoms with E-state index in [0.717, 1.165) is 0 Å². The van der Waals surface area contributed by atoms with Crippen molar-refractivity contribution in [2.45, 2.75) is 0 Å². The molecule has 0 aliphatic rings. The first-order valence-electron chi connectivity index (χ1n) is 5.05. The Morgan fingerprint density at radius 3 is 2.11 bits per heavy atom. The number of carboxylic acid groups (broad SMARTS) is 2. The van der Waals surface area contributed by atoms with Gasteiger partial charge in [-0.05, 0) is 0 Å². The lowest BCUT2D eigenvalue weighted by Gasteiger charge is -1.99. The molecule has 92 valence electrons. The average Bonchev–Trinajstić information content (AvgIpc) is 2.68. The number of hydrogen-bond acceptors (Lipinski definition) is 3. The molecule has 18 heavy (non-hydrogen) atoms. The topological polar surface area (TPSA) is 116 Å². The lowest BCUT2D eigenvalue weighted by molar-refractivity contribution is 0.0649. The second-order valence-corrected chi connectivity index (χ2v) is 3.64. The van der Waals surface area contributed by atoms with Gasteiger partial charge in [0.1, 0.15) is 11.3 Å². The van der Waals surface area contributed by atoms with Gasteiger partial charge in [0.25, 0.3) is 0 Å². The molecule has 1 heterocycles. The first-order chi connectivity index (χ1) is 8.52. The van der Waals surface area contributed by atoms with E-state index in [1.165, 1.54) is 0 Å². The van der Waals surface area contributed by atoms with Crippen LogP contribution in [-0.2, 0) is 0 Å². The Labute approximate surface area is 102 Å². The van der Waals surface area contributed by atoms with Crippen molar-refractivity contribution >= 4 is 17.6 Å². The van der Waals surface area contributed by atoms with Crippen LogP contribution in [-0.4, -0.2) is 27.1 Å². The zero-order valence-electron chi connectivity index (χ0n) is 9.18. The van der Waals surface area contributed by atoms with Crippen LogP contribution < -0.4 is 5.73 Å². The van der Waals surface area contributed by atoms with Gasteiger partial charge in [-0.1, -0.05) is 30.3 Å². The molecule has 0 spiro atoms. The maximum atomic E-state index is 11.0. The summed E-state index contributed by atoms with van der Waals surface area (Å²) in [5.41, 5.74) is 5.71. The van der Waals surface area contributed by atoms with Crippen LogP contribution in [0.2, 0.25) is 0 Å². The highest BCUT2D eigenvalue weighted by Gasteiger charge is 2.25. The van der Waals surface area contributed by atoms with E-state index in [2.05, 4.69) is 4.98 Å². The van der Waals surface area contributed by atoms with Crippen LogP contribution in [0.3, 0.4) is 0 Å². The normalized spacial score (nSPS) is 10.2.